The molecule has 0 aromatic heterocycles. The molecule has 0 unspecified atom stereocenters. The molecule has 8 nitrogen and oxygen atoms in total. The molecule has 2 fully saturated rings. The van der Waals surface area contributed by atoms with Crippen LogP contribution in [0, 0.1) is 17.8 Å². The highest BCUT2D eigenvalue weighted by Crippen LogP contribution is 2.34. The molecule has 2 amide bonds. The maximum absolute atomic E-state index is 12.8. The van der Waals surface area contributed by atoms with Gasteiger partial charge in [0.15, 0.2) is 5.78 Å². The number of nitrogens with two attached hydrogens (primary N) is 1. The monoisotopic (exact) mass is 396 g/mol. The van der Waals surface area contributed by atoms with Crippen LogP contribution in [0.1, 0.15) is 52.4 Å². The van der Waals surface area contributed by atoms with Crippen LogP contribution in [-0.4, -0.2) is 60.5 Å². The van der Waals surface area contributed by atoms with E-state index in [4.69, 9.17) is 5.73 Å². The van der Waals surface area contributed by atoms with Crippen molar-refractivity contribution >= 4 is 17.6 Å². The summed E-state index contributed by atoms with van der Waals surface area (Å²) in [5, 5.41) is 18.6. The number of piperidine rings is 1. The number of carbonyl (C=O) groups is 3. The van der Waals surface area contributed by atoms with Crippen molar-refractivity contribution in [1.82, 2.24) is 16.0 Å². The summed E-state index contributed by atoms with van der Waals surface area (Å²) in [6, 6.07) is -1.94. The number of carbonyl (C=O) groups excluding carboxylic acids is 3. The van der Waals surface area contributed by atoms with Gasteiger partial charge < -0.3 is 26.8 Å². The number of amides is 2. The summed E-state index contributed by atoms with van der Waals surface area (Å²) in [7, 11) is 0. The second-order valence-corrected chi connectivity index (χ2v) is 8.38. The van der Waals surface area contributed by atoms with Gasteiger partial charge in [-0.05, 0) is 38.6 Å². The summed E-state index contributed by atoms with van der Waals surface area (Å²) >= 11 is 0. The lowest BCUT2D eigenvalue weighted by atomic mass is 9.74. The Balaban J connectivity index is 1.95. The zero-order valence-corrected chi connectivity index (χ0v) is 17.1. The molecular formula is C20H36N4O4. The molecule has 0 radical (unpaired) electrons. The smallest absolute Gasteiger partial charge is 0.245 e. The van der Waals surface area contributed by atoms with Crippen molar-refractivity contribution in [2.75, 3.05) is 19.6 Å². The predicted octanol–water partition coefficient (Wildman–Crippen LogP) is -0.309. The topological polar surface area (TPSA) is 134 Å². The number of hydrogen-bond acceptors (Lipinski definition) is 6. The Morgan fingerprint density at radius 1 is 1.11 bits per heavy atom. The lowest BCUT2D eigenvalue weighted by Gasteiger charge is -2.37. The van der Waals surface area contributed by atoms with E-state index in [1.165, 1.54) is 46.0 Å². The van der Waals surface area contributed by atoms with Gasteiger partial charge in [-0.25, -0.2) is 0 Å². The van der Waals surface area contributed by atoms with Gasteiger partial charge in [0.1, 0.15) is 6.04 Å². The average molecular weight is 397 g/mol. The molecule has 1 saturated carbocycles. The van der Waals surface area contributed by atoms with Crippen LogP contribution in [0.4, 0.5) is 0 Å². The average Bonchev–Trinajstić information content (AvgIpc) is 2.70. The Morgan fingerprint density at radius 3 is 2.36 bits per heavy atom. The van der Waals surface area contributed by atoms with Crippen LogP contribution in [-0.2, 0) is 14.4 Å². The third-order valence-corrected chi connectivity index (χ3v) is 6.18. The second-order valence-electron chi connectivity index (χ2n) is 8.38. The minimum Gasteiger partial charge on any atom is -0.391 e. The van der Waals surface area contributed by atoms with Crippen molar-refractivity contribution in [2.24, 2.45) is 23.5 Å². The Hall–Kier alpha value is -1.51. The van der Waals surface area contributed by atoms with Crippen LogP contribution in [0.15, 0.2) is 0 Å². The summed E-state index contributed by atoms with van der Waals surface area (Å²) in [5.74, 6) is -0.189. The fourth-order valence-corrected chi connectivity index (χ4v) is 4.40. The molecule has 0 aromatic rings. The number of ketones is 1. The first-order chi connectivity index (χ1) is 13.3. The molecule has 1 aliphatic carbocycles. The van der Waals surface area contributed by atoms with E-state index in [0.717, 1.165) is 13.0 Å². The van der Waals surface area contributed by atoms with E-state index in [1.807, 2.05) is 0 Å². The van der Waals surface area contributed by atoms with Crippen LogP contribution in [0.3, 0.4) is 0 Å². The van der Waals surface area contributed by atoms with Crippen LogP contribution < -0.4 is 21.7 Å². The number of rotatable bonds is 8. The first-order valence-corrected chi connectivity index (χ1v) is 10.5. The molecule has 2 aliphatic rings. The molecule has 1 heterocycles. The molecule has 0 spiro atoms. The number of aliphatic hydroxyl groups excluding tert-OH is 1. The summed E-state index contributed by atoms with van der Waals surface area (Å²) in [4.78, 5) is 36.8. The van der Waals surface area contributed by atoms with E-state index in [0.29, 0.717) is 18.4 Å². The van der Waals surface area contributed by atoms with Crippen molar-refractivity contribution in [3.05, 3.63) is 0 Å². The normalized spacial score (nSPS) is 26.7. The van der Waals surface area contributed by atoms with Crippen LogP contribution in [0.5, 0.6) is 0 Å². The van der Waals surface area contributed by atoms with Gasteiger partial charge in [-0.15, -0.1) is 0 Å². The molecule has 1 aliphatic heterocycles. The maximum Gasteiger partial charge on any atom is 0.245 e. The number of hydrogen-bond donors (Lipinski definition) is 5. The molecule has 2 rings (SSSR count). The molecule has 6 N–H and O–H groups in total. The van der Waals surface area contributed by atoms with Crippen molar-refractivity contribution in [2.45, 2.75) is 70.6 Å². The molecule has 0 bridgehead atoms. The maximum atomic E-state index is 12.8. The molecule has 1 saturated heterocycles. The largest absolute Gasteiger partial charge is 0.391 e. The standard InChI is InChI=1S/C20H36N4O4/c1-12(25)17(9-21)23-20(28)18(13(2)26)24-19(27)16-8-15(10-22-11-16)14-6-4-3-5-7-14/h13-18,22,26H,3-11,21H2,1-2H3,(H,23,28)(H,24,27)/t13-,15-,16-,17-,18-/m0/s1. The molecule has 8 heteroatoms. The highest BCUT2D eigenvalue weighted by Gasteiger charge is 2.35. The Kier molecular flexibility index (Phi) is 8.85. The summed E-state index contributed by atoms with van der Waals surface area (Å²) < 4.78 is 0. The van der Waals surface area contributed by atoms with Crippen molar-refractivity contribution in [1.29, 1.82) is 0 Å². The summed E-state index contributed by atoms with van der Waals surface area (Å²) in [6.07, 6.45) is 6.00. The lowest BCUT2D eigenvalue weighted by molar-refractivity contribution is -0.135. The number of nitrogens with one attached hydrogen (secondary N) is 3. The molecule has 0 aromatic carbocycles. The predicted molar refractivity (Wildman–Crippen MR) is 106 cm³/mol. The van der Waals surface area contributed by atoms with Crippen LogP contribution in [0.25, 0.3) is 0 Å². The first-order valence-electron chi connectivity index (χ1n) is 10.5. The minimum absolute atomic E-state index is 0.0306. The second kappa shape index (κ2) is 10.9. The van der Waals surface area contributed by atoms with Gasteiger partial charge in [-0.1, -0.05) is 32.1 Å². The van der Waals surface area contributed by atoms with Gasteiger partial charge >= 0.3 is 0 Å². The van der Waals surface area contributed by atoms with E-state index >= 15 is 0 Å². The van der Waals surface area contributed by atoms with Crippen molar-refractivity contribution < 1.29 is 19.5 Å². The van der Waals surface area contributed by atoms with E-state index in [1.54, 1.807) is 0 Å². The molecule has 28 heavy (non-hydrogen) atoms. The van der Waals surface area contributed by atoms with Gasteiger partial charge in [-0.3, -0.25) is 14.4 Å². The highest BCUT2D eigenvalue weighted by molar-refractivity contribution is 5.92. The van der Waals surface area contributed by atoms with E-state index in [2.05, 4.69) is 16.0 Å². The molecular weight excluding hydrogens is 360 g/mol. The van der Waals surface area contributed by atoms with Crippen molar-refractivity contribution in [3.8, 4) is 0 Å². The first kappa shape index (κ1) is 22.8. The fourth-order valence-electron chi connectivity index (χ4n) is 4.40. The van der Waals surface area contributed by atoms with Gasteiger partial charge in [0, 0.05) is 13.1 Å². The fraction of sp³-hybridized carbons (Fsp3) is 0.850. The zero-order chi connectivity index (χ0) is 20.7. The van der Waals surface area contributed by atoms with Gasteiger partial charge in [0.05, 0.1) is 18.1 Å². The molecule has 160 valence electrons. The van der Waals surface area contributed by atoms with Crippen LogP contribution in [0.2, 0.25) is 0 Å². The Bertz CT molecular complexity index is 548. The summed E-state index contributed by atoms with van der Waals surface area (Å²) in [5.41, 5.74) is 5.51. The van der Waals surface area contributed by atoms with E-state index in [-0.39, 0.29) is 24.2 Å². The number of Topliss-reactive ketones (excluding diaryl/α,β-unsaturated/α-hetero) is 1. The van der Waals surface area contributed by atoms with Gasteiger partial charge in [-0.2, -0.15) is 0 Å². The summed E-state index contributed by atoms with van der Waals surface area (Å²) in [6.45, 7) is 4.26. The van der Waals surface area contributed by atoms with E-state index < -0.39 is 24.1 Å². The van der Waals surface area contributed by atoms with Gasteiger partial charge in [0.25, 0.3) is 0 Å². The highest BCUT2D eigenvalue weighted by atomic mass is 16.3. The Morgan fingerprint density at radius 2 is 1.79 bits per heavy atom. The quantitative estimate of drug-likeness (QED) is 0.382. The molecule has 5 atom stereocenters. The number of aliphatic hydroxyl groups is 1. The third-order valence-electron chi connectivity index (χ3n) is 6.18. The van der Waals surface area contributed by atoms with E-state index in [9.17, 15) is 19.5 Å². The third kappa shape index (κ3) is 6.25. The van der Waals surface area contributed by atoms with Gasteiger partial charge in [0.2, 0.25) is 11.8 Å². The Labute approximate surface area is 167 Å². The van der Waals surface area contributed by atoms with Crippen LogP contribution >= 0.6 is 0 Å². The minimum atomic E-state index is -1.11. The lowest BCUT2D eigenvalue weighted by Crippen LogP contribution is -2.58. The SMILES string of the molecule is CC(=O)[C@H](CN)NC(=O)[C@@H](NC(=O)[C@@H]1CNC[C@@H](C2CCCCC2)C1)[C@H](C)O. The van der Waals surface area contributed by atoms with Crippen molar-refractivity contribution in [3.63, 3.8) is 0 Å². The zero-order valence-electron chi connectivity index (χ0n) is 17.1.